The van der Waals surface area contributed by atoms with Gasteiger partial charge >= 0.3 is 0 Å². The van der Waals surface area contributed by atoms with Crippen molar-refractivity contribution >= 4 is 5.96 Å². The number of nitrogens with zero attached hydrogens (tertiary/aromatic N) is 2. The minimum absolute atomic E-state index is 0.358. The smallest absolute Gasteiger partial charge is 0.191 e. The SMILES string of the molecule is CN=C(NCCCCN1CC(C)CC(C)C1)NCC1CCCO1. The Bertz CT molecular complexity index is 345. The maximum Gasteiger partial charge on any atom is 0.191 e. The summed E-state index contributed by atoms with van der Waals surface area (Å²) >= 11 is 0. The van der Waals surface area contributed by atoms with Gasteiger partial charge in [0.25, 0.3) is 0 Å². The van der Waals surface area contributed by atoms with Gasteiger partial charge in [-0.25, -0.2) is 0 Å². The number of unbranched alkanes of at least 4 members (excludes halogenated alkanes) is 1. The molecule has 0 amide bonds. The highest BCUT2D eigenvalue weighted by molar-refractivity contribution is 5.79. The summed E-state index contributed by atoms with van der Waals surface area (Å²) in [6.45, 7) is 11.3. The molecule has 134 valence electrons. The van der Waals surface area contributed by atoms with Crippen molar-refractivity contribution in [3.05, 3.63) is 0 Å². The van der Waals surface area contributed by atoms with Gasteiger partial charge in [0.2, 0.25) is 0 Å². The molecule has 0 aromatic carbocycles. The van der Waals surface area contributed by atoms with Crippen LogP contribution in [0, 0.1) is 11.8 Å². The monoisotopic (exact) mass is 324 g/mol. The fourth-order valence-corrected chi connectivity index (χ4v) is 3.88. The first-order valence-electron chi connectivity index (χ1n) is 9.46. The molecule has 5 heteroatoms. The lowest BCUT2D eigenvalue weighted by Crippen LogP contribution is -2.42. The number of ether oxygens (including phenoxy) is 1. The summed E-state index contributed by atoms with van der Waals surface area (Å²) in [7, 11) is 1.83. The molecular weight excluding hydrogens is 288 g/mol. The highest BCUT2D eigenvalue weighted by Gasteiger charge is 2.21. The van der Waals surface area contributed by atoms with Gasteiger partial charge in [0, 0.05) is 39.8 Å². The maximum atomic E-state index is 5.62. The van der Waals surface area contributed by atoms with Gasteiger partial charge in [0.15, 0.2) is 5.96 Å². The molecule has 0 aliphatic carbocycles. The van der Waals surface area contributed by atoms with Crippen LogP contribution in [-0.2, 0) is 4.74 Å². The Morgan fingerprint density at radius 1 is 1.17 bits per heavy atom. The minimum atomic E-state index is 0.358. The third kappa shape index (κ3) is 7.08. The number of guanidine groups is 1. The van der Waals surface area contributed by atoms with Gasteiger partial charge in [-0.3, -0.25) is 4.99 Å². The first-order valence-corrected chi connectivity index (χ1v) is 9.46. The van der Waals surface area contributed by atoms with Gasteiger partial charge in [-0.1, -0.05) is 13.8 Å². The van der Waals surface area contributed by atoms with Crippen molar-refractivity contribution in [2.75, 3.05) is 46.4 Å². The van der Waals surface area contributed by atoms with Crippen molar-refractivity contribution in [2.24, 2.45) is 16.8 Å². The number of likely N-dealkylation sites (tertiary alicyclic amines) is 1. The second kappa shape index (κ2) is 10.1. The van der Waals surface area contributed by atoms with E-state index in [1.165, 1.54) is 45.3 Å². The average molecular weight is 325 g/mol. The largest absolute Gasteiger partial charge is 0.376 e. The lowest BCUT2D eigenvalue weighted by atomic mass is 9.92. The number of aliphatic imine (C=N–C) groups is 1. The first-order chi connectivity index (χ1) is 11.2. The Kier molecular flexibility index (Phi) is 8.17. The number of piperidine rings is 1. The van der Waals surface area contributed by atoms with Crippen LogP contribution >= 0.6 is 0 Å². The molecule has 0 radical (unpaired) electrons. The van der Waals surface area contributed by atoms with E-state index in [0.717, 1.165) is 43.9 Å². The third-order valence-corrected chi connectivity index (χ3v) is 4.88. The molecule has 2 heterocycles. The van der Waals surface area contributed by atoms with Crippen molar-refractivity contribution in [2.45, 2.75) is 52.1 Å². The molecule has 2 aliphatic heterocycles. The zero-order chi connectivity index (χ0) is 16.5. The van der Waals surface area contributed by atoms with E-state index in [0.29, 0.717) is 6.10 Å². The molecular formula is C18H36N4O. The minimum Gasteiger partial charge on any atom is -0.376 e. The van der Waals surface area contributed by atoms with Crippen molar-refractivity contribution < 1.29 is 4.74 Å². The Balaban J connectivity index is 1.51. The molecule has 0 aromatic rings. The molecule has 3 unspecified atom stereocenters. The molecule has 0 saturated carbocycles. The predicted molar refractivity (Wildman–Crippen MR) is 97.0 cm³/mol. The van der Waals surface area contributed by atoms with Crippen LogP contribution in [0.3, 0.4) is 0 Å². The molecule has 0 aromatic heterocycles. The van der Waals surface area contributed by atoms with Gasteiger partial charge in [0.1, 0.15) is 0 Å². The number of hydrogen-bond donors (Lipinski definition) is 2. The predicted octanol–water partition coefficient (Wildman–Crippen LogP) is 2.09. The van der Waals surface area contributed by atoms with E-state index in [1.807, 2.05) is 7.05 Å². The van der Waals surface area contributed by atoms with Gasteiger partial charge in [-0.2, -0.15) is 0 Å². The van der Waals surface area contributed by atoms with Crippen LogP contribution in [0.4, 0.5) is 0 Å². The molecule has 2 fully saturated rings. The Morgan fingerprint density at radius 3 is 2.61 bits per heavy atom. The normalized spacial score (nSPS) is 29.7. The fraction of sp³-hybridized carbons (Fsp3) is 0.944. The van der Waals surface area contributed by atoms with Crippen LogP contribution in [0.25, 0.3) is 0 Å². The maximum absolute atomic E-state index is 5.62. The van der Waals surface area contributed by atoms with Gasteiger partial charge in [0.05, 0.1) is 6.10 Å². The fourth-order valence-electron chi connectivity index (χ4n) is 3.88. The highest BCUT2D eigenvalue weighted by atomic mass is 16.5. The molecule has 3 atom stereocenters. The zero-order valence-corrected chi connectivity index (χ0v) is 15.3. The van der Waals surface area contributed by atoms with Gasteiger partial charge in [-0.05, 0) is 50.5 Å². The molecule has 0 bridgehead atoms. The summed E-state index contributed by atoms with van der Waals surface area (Å²) in [5.41, 5.74) is 0. The summed E-state index contributed by atoms with van der Waals surface area (Å²) in [5, 5.41) is 6.78. The van der Waals surface area contributed by atoms with Crippen LogP contribution in [0.15, 0.2) is 4.99 Å². The Hall–Kier alpha value is -0.810. The molecule has 0 spiro atoms. The summed E-state index contributed by atoms with van der Waals surface area (Å²) in [6, 6.07) is 0. The summed E-state index contributed by atoms with van der Waals surface area (Å²) in [4.78, 5) is 6.93. The molecule has 5 nitrogen and oxygen atoms in total. The van der Waals surface area contributed by atoms with Crippen LogP contribution in [-0.4, -0.2) is 63.3 Å². The molecule has 2 rings (SSSR count). The quantitative estimate of drug-likeness (QED) is 0.428. The summed E-state index contributed by atoms with van der Waals surface area (Å²) in [5.74, 6) is 2.62. The first kappa shape index (κ1) is 18.5. The summed E-state index contributed by atoms with van der Waals surface area (Å²) in [6.07, 6.45) is 6.56. The Labute approximate surface area is 142 Å². The second-order valence-electron chi connectivity index (χ2n) is 7.43. The topological polar surface area (TPSA) is 48.9 Å². The lowest BCUT2D eigenvalue weighted by molar-refractivity contribution is 0.114. The van der Waals surface area contributed by atoms with E-state index >= 15 is 0 Å². The molecule has 2 saturated heterocycles. The van der Waals surface area contributed by atoms with Crippen molar-refractivity contribution in [1.82, 2.24) is 15.5 Å². The van der Waals surface area contributed by atoms with Crippen LogP contribution in [0.2, 0.25) is 0 Å². The van der Waals surface area contributed by atoms with Crippen LogP contribution < -0.4 is 10.6 Å². The lowest BCUT2D eigenvalue weighted by Gasteiger charge is -2.34. The molecule has 23 heavy (non-hydrogen) atoms. The number of nitrogens with one attached hydrogen (secondary N) is 2. The zero-order valence-electron chi connectivity index (χ0n) is 15.3. The van der Waals surface area contributed by atoms with Gasteiger partial charge in [-0.15, -0.1) is 0 Å². The van der Waals surface area contributed by atoms with Gasteiger partial charge < -0.3 is 20.3 Å². The summed E-state index contributed by atoms with van der Waals surface area (Å²) < 4.78 is 5.62. The van der Waals surface area contributed by atoms with Crippen molar-refractivity contribution in [1.29, 1.82) is 0 Å². The average Bonchev–Trinajstić information content (AvgIpc) is 3.02. The van der Waals surface area contributed by atoms with E-state index < -0.39 is 0 Å². The standard InChI is InChI=1S/C18H36N4O/c1-15-11-16(2)14-22(13-15)9-5-4-8-20-18(19-3)21-12-17-7-6-10-23-17/h15-17H,4-14H2,1-3H3,(H2,19,20,21). The van der Waals surface area contributed by atoms with Crippen LogP contribution in [0.5, 0.6) is 0 Å². The van der Waals surface area contributed by atoms with Crippen molar-refractivity contribution in [3.63, 3.8) is 0 Å². The van der Waals surface area contributed by atoms with E-state index in [9.17, 15) is 0 Å². The third-order valence-electron chi connectivity index (χ3n) is 4.88. The van der Waals surface area contributed by atoms with E-state index in [1.54, 1.807) is 0 Å². The van der Waals surface area contributed by atoms with Crippen LogP contribution in [0.1, 0.15) is 46.0 Å². The Morgan fingerprint density at radius 2 is 1.96 bits per heavy atom. The molecule has 2 N–H and O–H groups in total. The second-order valence-corrected chi connectivity index (χ2v) is 7.43. The van der Waals surface area contributed by atoms with E-state index in [2.05, 4.69) is 34.4 Å². The number of rotatable bonds is 7. The van der Waals surface area contributed by atoms with Crippen molar-refractivity contribution in [3.8, 4) is 0 Å². The van der Waals surface area contributed by atoms with E-state index in [4.69, 9.17) is 4.74 Å². The highest BCUT2D eigenvalue weighted by Crippen LogP contribution is 2.20. The molecule has 2 aliphatic rings. The number of hydrogen-bond acceptors (Lipinski definition) is 3. The van der Waals surface area contributed by atoms with E-state index in [-0.39, 0.29) is 0 Å².